The van der Waals surface area contributed by atoms with Gasteiger partial charge in [-0.05, 0) is 61.4 Å². The van der Waals surface area contributed by atoms with Crippen molar-refractivity contribution in [2.75, 3.05) is 0 Å². The van der Waals surface area contributed by atoms with Gasteiger partial charge in [0.15, 0.2) is 0 Å². The molecule has 2 aliphatic carbocycles. The second kappa shape index (κ2) is 9.14. The zero-order valence-corrected chi connectivity index (χ0v) is 19.9. The highest BCUT2D eigenvalue weighted by atomic mass is 19.4. The van der Waals surface area contributed by atoms with Crippen LogP contribution in [0.2, 0.25) is 0 Å². The summed E-state index contributed by atoms with van der Waals surface area (Å²) in [5.74, 6) is 3.59. The molecular formula is C27H24F3N3O4. The molecule has 0 radical (unpaired) electrons. The molecule has 2 unspecified atom stereocenters. The molecule has 1 heterocycles. The number of aliphatic carboxylic acids is 1. The summed E-state index contributed by atoms with van der Waals surface area (Å²) >= 11 is 0. The Morgan fingerprint density at radius 1 is 1.22 bits per heavy atom. The van der Waals surface area contributed by atoms with Gasteiger partial charge in [-0.1, -0.05) is 24.5 Å². The van der Waals surface area contributed by atoms with Crippen LogP contribution in [-0.4, -0.2) is 39.2 Å². The van der Waals surface area contributed by atoms with E-state index in [1.165, 1.54) is 24.3 Å². The van der Waals surface area contributed by atoms with Crippen LogP contribution in [0, 0.1) is 23.2 Å². The second-order valence-electron chi connectivity index (χ2n) is 9.61. The lowest BCUT2D eigenvalue weighted by molar-refractivity contribution is -0.274. The predicted octanol–water partition coefficient (Wildman–Crippen LogP) is 4.73. The van der Waals surface area contributed by atoms with E-state index in [4.69, 9.17) is 0 Å². The normalized spacial score (nSPS) is 19.9. The van der Waals surface area contributed by atoms with E-state index in [0.29, 0.717) is 34.0 Å². The van der Waals surface area contributed by atoms with Crippen molar-refractivity contribution in [2.45, 2.75) is 51.6 Å². The van der Waals surface area contributed by atoms with Crippen molar-refractivity contribution in [3.63, 3.8) is 0 Å². The summed E-state index contributed by atoms with van der Waals surface area (Å²) in [7, 11) is 0. The molecule has 1 amide bonds. The number of benzene rings is 2. The molecule has 0 saturated heterocycles. The number of fused-ring (bicyclic) bond motifs is 1. The maximum atomic E-state index is 13.5. The number of hydrogen-bond acceptors (Lipinski definition) is 4. The molecule has 2 fully saturated rings. The molecular weight excluding hydrogens is 487 g/mol. The van der Waals surface area contributed by atoms with Gasteiger partial charge in [-0.3, -0.25) is 14.3 Å². The van der Waals surface area contributed by atoms with Crippen molar-refractivity contribution in [1.29, 1.82) is 0 Å². The van der Waals surface area contributed by atoms with Gasteiger partial charge in [-0.15, -0.1) is 19.1 Å². The third-order valence-electron chi connectivity index (χ3n) is 7.44. The Bertz CT molecular complexity index is 1430. The van der Waals surface area contributed by atoms with Gasteiger partial charge >= 0.3 is 12.3 Å². The summed E-state index contributed by atoms with van der Waals surface area (Å²) in [6, 6.07) is 8.38. The summed E-state index contributed by atoms with van der Waals surface area (Å²) in [6.45, 7) is 1.88. The molecule has 1 aromatic heterocycles. The van der Waals surface area contributed by atoms with Crippen molar-refractivity contribution in [3.05, 3.63) is 59.3 Å². The lowest BCUT2D eigenvalue weighted by Crippen LogP contribution is -2.66. The number of amides is 1. The van der Waals surface area contributed by atoms with E-state index in [-0.39, 0.29) is 23.6 Å². The fourth-order valence-corrected chi connectivity index (χ4v) is 5.52. The minimum atomic E-state index is -4.78. The highest BCUT2D eigenvalue weighted by molar-refractivity contribution is 6.07. The maximum absolute atomic E-state index is 13.5. The molecule has 2 atom stereocenters. The van der Waals surface area contributed by atoms with Gasteiger partial charge in [0.25, 0.3) is 5.91 Å². The first-order valence-corrected chi connectivity index (χ1v) is 11.9. The number of carbonyl (C=O) groups is 2. The minimum absolute atomic E-state index is 0.147. The van der Waals surface area contributed by atoms with E-state index in [2.05, 4.69) is 27.0 Å². The van der Waals surface area contributed by atoms with Crippen molar-refractivity contribution < 1.29 is 32.6 Å². The predicted molar refractivity (Wildman–Crippen MR) is 128 cm³/mol. The van der Waals surface area contributed by atoms with Crippen LogP contribution in [-0.2, 0) is 11.3 Å². The summed E-state index contributed by atoms with van der Waals surface area (Å²) in [5, 5.41) is 17.7. The third-order valence-corrected chi connectivity index (χ3v) is 7.44. The number of rotatable bonds is 6. The summed E-state index contributed by atoms with van der Waals surface area (Å²) in [6.07, 6.45) is 0.204. The van der Waals surface area contributed by atoms with Crippen LogP contribution < -0.4 is 10.1 Å². The van der Waals surface area contributed by atoms with Crippen molar-refractivity contribution in [3.8, 4) is 17.6 Å². The van der Waals surface area contributed by atoms with Gasteiger partial charge in [0, 0.05) is 17.0 Å². The number of halogens is 3. The van der Waals surface area contributed by atoms with Crippen LogP contribution in [0.4, 0.5) is 13.2 Å². The largest absolute Gasteiger partial charge is 0.573 e. The molecule has 7 nitrogen and oxygen atoms in total. The van der Waals surface area contributed by atoms with Gasteiger partial charge in [0.1, 0.15) is 5.75 Å². The molecule has 1 spiro atoms. The average Bonchev–Trinajstić information content (AvgIpc) is 3.20. The number of hydrogen-bond donors (Lipinski definition) is 2. The highest BCUT2D eigenvalue weighted by Crippen LogP contribution is 2.58. The highest BCUT2D eigenvalue weighted by Gasteiger charge is 2.60. The van der Waals surface area contributed by atoms with Crippen molar-refractivity contribution in [1.82, 2.24) is 15.1 Å². The van der Waals surface area contributed by atoms with E-state index in [1.54, 1.807) is 29.9 Å². The first-order chi connectivity index (χ1) is 17.6. The molecule has 2 aromatic carbocycles. The number of nitrogens with one attached hydrogen (secondary N) is 1. The molecule has 0 aliphatic heterocycles. The number of ether oxygens (including phenoxy) is 1. The average molecular weight is 512 g/mol. The fraction of sp³-hybridized carbons (Fsp3) is 0.370. The van der Waals surface area contributed by atoms with E-state index in [9.17, 15) is 27.9 Å². The SMILES string of the molecule is CC#Cc1ccc(C(=O)NC2C(C(=O)O)CC23CCC3)c2c1cnn2Cc1ccc(OC(F)(F)F)cc1. The Kier molecular flexibility index (Phi) is 6.10. The zero-order chi connectivity index (χ0) is 26.4. The number of carboxylic acid groups (broad SMARTS) is 1. The Morgan fingerprint density at radius 2 is 1.95 bits per heavy atom. The van der Waals surface area contributed by atoms with E-state index >= 15 is 0 Å². The summed E-state index contributed by atoms with van der Waals surface area (Å²) < 4.78 is 43.0. The number of carbonyl (C=O) groups excluding carboxylic acids is 1. The Balaban J connectivity index is 1.47. The number of nitrogens with zero attached hydrogens (tertiary/aromatic N) is 2. The molecule has 2 N–H and O–H groups in total. The van der Waals surface area contributed by atoms with Gasteiger partial charge in [0.2, 0.25) is 0 Å². The quantitative estimate of drug-likeness (QED) is 0.467. The smallest absolute Gasteiger partial charge is 0.481 e. The molecule has 2 saturated carbocycles. The molecule has 3 aromatic rings. The van der Waals surface area contributed by atoms with Gasteiger partial charge in [-0.2, -0.15) is 5.10 Å². The number of aromatic nitrogens is 2. The Hall–Kier alpha value is -4.00. The zero-order valence-electron chi connectivity index (χ0n) is 19.9. The fourth-order valence-electron chi connectivity index (χ4n) is 5.52. The number of alkyl halides is 3. The Labute approximate surface area is 210 Å². The van der Waals surface area contributed by atoms with E-state index in [1.807, 2.05) is 0 Å². The van der Waals surface area contributed by atoms with Gasteiger partial charge < -0.3 is 15.2 Å². The molecule has 10 heteroatoms. The van der Waals surface area contributed by atoms with Crippen molar-refractivity contribution in [2.24, 2.45) is 11.3 Å². The van der Waals surface area contributed by atoms with Crippen LogP contribution in [0.15, 0.2) is 42.6 Å². The topological polar surface area (TPSA) is 93.5 Å². The van der Waals surface area contributed by atoms with Crippen LogP contribution in [0.25, 0.3) is 10.9 Å². The first-order valence-electron chi connectivity index (χ1n) is 11.9. The van der Waals surface area contributed by atoms with E-state index in [0.717, 1.165) is 19.3 Å². The standard InChI is InChI=1S/C27H24F3N3O4/c1-2-4-17-7-10-19(24(34)32-23-20(25(35)36)13-26(23)11-3-12-26)22-21(17)14-31-33(22)15-16-5-8-18(9-6-16)37-27(28,29)30/h5-10,14,20,23H,3,11-13,15H2,1H3,(H,32,34)(H,35,36). The molecule has 37 heavy (non-hydrogen) atoms. The van der Waals surface area contributed by atoms with Gasteiger partial charge in [0.05, 0.1) is 29.7 Å². The van der Waals surface area contributed by atoms with E-state index < -0.39 is 24.3 Å². The first kappa shape index (κ1) is 24.7. The van der Waals surface area contributed by atoms with Gasteiger partial charge in [-0.25, -0.2) is 0 Å². The summed E-state index contributed by atoms with van der Waals surface area (Å²) in [5.41, 5.74) is 2.03. The summed E-state index contributed by atoms with van der Waals surface area (Å²) in [4.78, 5) is 25.2. The lowest BCUT2D eigenvalue weighted by atomic mass is 9.48. The third kappa shape index (κ3) is 4.61. The number of carboxylic acids is 1. The second-order valence-corrected chi connectivity index (χ2v) is 9.61. The maximum Gasteiger partial charge on any atom is 0.573 e. The molecule has 5 rings (SSSR count). The Morgan fingerprint density at radius 3 is 2.54 bits per heavy atom. The monoisotopic (exact) mass is 511 g/mol. The molecule has 0 bridgehead atoms. The van der Waals surface area contributed by atoms with Crippen LogP contribution in [0.5, 0.6) is 5.75 Å². The molecule has 192 valence electrons. The lowest BCUT2D eigenvalue weighted by Gasteiger charge is -2.59. The van der Waals surface area contributed by atoms with Crippen LogP contribution >= 0.6 is 0 Å². The molecule has 2 aliphatic rings. The van der Waals surface area contributed by atoms with Crippen LogP contribution in [0.1, 0.15) is 54.1 Å². The minimum Gasteiger partial charge on any atom is -0.481 e. The van der Waals surface area contributed by atoms with Crippen LogP contribution in [0.3, 0.4) is 0 Å². The van der Waals surface area contributed by atoms with Crippen molar-refractivity contribution >= 4 is 22.8 Å².